The Labute approximate surface area is 230 Å². The van der Waals surface area contributed by atoms with Gasteiger partial charge in [-0.2, -0.15) is 0 Å². The van der Waals surface area contributed by atoms with Gasteiger partial charge in [0.15, 0.2) is 12.4 Å². The van der Waals surface area contributed by atoms with Crippen molar-refractivity contribution >= 4 is 34.4 Å². The van der Waals surface area contributed by atoms with Crippen LogP contribution in [0.1, 0.15) is 76.2 Å². The summed E-state index contributed by atoms with van der Waals surface area (Å²) in [5.74, 6) is -0.593. The van der Waals surface area contributed by atoms with Gasteiger partial charge in [0.05, 0.1) is 12.2 Å². The Balaban J connectivity index is 0.00000481. The smallest absolute Gasteiger partial charge is 0.341 e. The van der Waals surface area contributed by atoms with E-state index in [-0.39, 0.29) is 40.3 Å². The largest absolute Gasteiger partial charge is 0.479 e. The normalized spacial score (nSPS) is 13.3. The molecule has 1 aliphatic rings. The zero-order valence-electron chi connectivity index (χ0n) is 22.7. The van der Waals surface area contributed by atoms with Crippen LogP contribution in [0.5, 0.6) is 5.75 Å². The van der Waals surface area contributed by atoms with Crippen molar-refractivity contribution in [3.05, 3.63) is 52.9 Å². The first kappa shape index (κ1) is 30.4. The lowest BCUT2D eigenvalue weighted by atomic mass is 9.84. The maximum atomic E-state index is 13.5. The van der Waals surface area contributed by atoms with Crippen LogP contribution >= 0.6 is 17.0 Å². The molecule has 37 heavy (non-hydrogen) atoms. The van der Waals surface area contributed by atoms with Crippen molar-refractivity contribution in [2.45, 2.75) is 78.8 Å². The number of nitrogens with one attached hydrogen (secondary N) is 1. The van der Waals surface area contributed by atoms with E-state index in [1.165, 1.54) is 5.57 Å². The first-order valence-electron chi connectivity index (χ1n) is 12.8. The number of carbonyl (C=O) groups excluding carboxylic acids is 1. The fraction of sp³-hybridized carbons (Fsp3) is 0.536. The van der Waals surface area contributed by atoms with Crippen LogP contribution in [0.2, 0.25) is 0 Å². The Hall–Kier alpha value is -2.81. The topological polar surface area (TPSA) is 101 Å². The van der Waals surface area contributed by atoms with E-state index in [1.807, 2.05) is 43.7 Å². The number of carboxylic acid groups (broad SMARTS) is 1. The molecule has 0 atom stereocenters. The molecule has 1 aliphatic heterocycles. The molecule has 9 heteroatoms. The van der Waals surface area contributed by atoms with E-state index >= 15 is 0 Å². The predicted octanol–water partition coefficient (Wildman–Crippen LogP) is 5.34. The Bertz CT molecular complexity index is 1180. The Morgan fingerprint density at radius 3 is 2.27 bits per heavy atom. The summed E-state index contributed by atoms with van der Waals surface area (Å²) in [5, 5.41) is 17.8. The highest BCUT2D eigenvalue weighted by Gasteiger charge is 2.28. The highest BCUT2D eigenvalue weighted by atomic mass is 79.9. The van der Waals surface area contributed by atoms with Gasteiger partial charge in [-0.1, -0.05) is 46.3 Å². The number of ketones is 1. The summed E-state index contributed by atoms with van der Waals surface area (Å²) in [4.78, 5) is 26.9. The second-order valence-corrected chi connectivity index (χ2v) is 10.4. The van der Waals surface area contributed by atoms with Crippen molar-refractivity contribution in [1.29, 1.82) is 5.41 Å². The third-order valence-electron chi connectivity index (χ3n) is 6.76. The van der Waals surface area contributed by atoms with E-state index < -0.39 is 12.6 Å². The van der Waals surface area contributed by atoms with Gasteiger partial charge in [0.25, 0.3) is 0 Å². The molecule has 1 fully saturated rings. The van der Waals surface area contributed by atoms with Gasteiger partial charge < -0.3 is 23.9 Å². The number of benzene rings is 1. The average Bonchev–Trinajstić information content (AvgIpc) is 3.48. The number of allylic oxidation sites excluding steroid dienone is 2. The van der Waals surface area contributed by atoms with E-state index in [4.69, 9.17) is 10.1 Å². The Kier molecular flexibility index (Phi) is 10.8. The molecule has 0 aliphatic carbocycles. The molecule has 2 heterocycles. The zero-order valence-corrected chi connectivity index (χ0v) is 24.4. The van der Waals surface area contributed by atoms with Gasteiger partial charge >= 0.3 is 5.97 Å². The van der Waals surface area contributed by atoms with Crippen LogP contribution in [0.4, 0.5) is 5.69 Å². The third-order valence-corrected chi connectivity index (χ3v) is 6.76. The minimum atomic E-state index is -1.04. The minimum Gasteiger partial charge on any atom is -0.479 e. The van der Waals surface area contributed by atoms with Crippen LogP contribution in [0.3, 0.4) is 0 Å². The molecule has 1 saturated heterocycles. The number of hydrogen-bond acceptors (Lipinski definition) is 5. The second kappa shape index (κ2) is 13.1. The maximum Gasteiger partial charge on any atom is 0.341 e. The van der Waals surface area contributed by atoms with Crippen molar-refractivity contribution in [2.75, 3.05) is 24.6 Å². The molecule has 0 saturated carbocycles. The number of carbonyl (C=O) groups is 2. The van der Waals surface area contributed by atoms with Crippen LogP contribution in [0.25, 0.3) is 0 Å². The van der Waals surface area contributed by atoms with Gasteiger partial charge in [-0.25, -0.2) is 4.79 Å². The van der Waals surface area contributed by atoms with Crippen LogP contribution in [0, 0.1) is 5.41 Å². The van der Waals surface area contributed by atoms with Gasteiger partial charge in [-0.15, -0.1) is 17.0 Å². The Morgan fingerprint density at radius 1 is 1.08 bits per heavy atom. The summed E-state index contributed by atoms with van der Waals surface area (Å²) in [7, 11) is 0. The molecule has 2 aromatic rings. The number of hydrogen-bond donors (Lipinski definition) is 2. The first-order valence-corrected chi connectivity index (χ1v) is 12.8. The highest BCUT2D eigenvalue weighted by molar-refractivity contribution is 8.93. The number of nitrogens with zero attached hydrogens (tertiary/aromatic N) is 3. The molecule has 1 aromatic heterocycles. The average molecular weight is 578 g/mol. The van der Waals surface area contributed by atoms with Gasteiger partial charge in [0, 0.05) is 43.2 Å². The van der Waals surface area contributed by atoms with Gasteiger partial charge in [-0.05, 0) is 43.2 Å². The fourth-order valence-corrected chi connectivity index (χ4v) is 4.56. The van der Waals surface area contributed by atoms with Crippen LogP contribution in [-0.4, -0.2) is 45.7 Å². The first-order chi connectivity index (χ1) is 17.0. The number of imidazole rings is 1. The number of anilines is 1. The molecule has 3 rings (SSSR count). The van der Waals surface area contributed by atoms with E-state index in [9.17, 15) is 14.7 Å². The fourth-order valence-electron chi connectivity index (χ4n) is 4.56. The monoisotopic (exact) mass is 576 g/mol. The van der Waals surface area contributed by atoms with Crippen LogP contribution in [0.15, 0.2) is 36.2 Å². The lowest BCUT2D eigenvalue weighted by molar-refractivity contribution is -0.139. The number of carboxylic acids is 1. The molecule has 2 N–H and O–H groups in total. The number of Topliss-reactive ketones (excluding diaryl/α,β-unsaturated/α-hetero) is 1. The number of aromatic nitrogens is 2. The second-order valence-electron chi connectivity index (χ2n) is 10.4. The molecule has 0 amide bonds. The zero-order chi connectivity index (χ0) is 26.5. The van der Waals surface area contributed by atoms with Crippen molar-refractivity contribution in [1.82, 2.24) is 9.13 Å². The van der Waals surface area contributed by atoms with E-state index in [2.05, 4.69) is 24.8 Å². The van der Waals surface area contributed by atoms with Crippen molar-refractivity contribution < 1.29 is 19.4 Å². The third kappa shape index (κ3) is 7.60. The minimum absolute atomic E-state index is 0. The van der Waals surface area contributed by atoms with Crippen LogP contribution in [-0.2, 0) is 23.3 Å². The molecule has 8 nitrogen and oxygen atoms in total. The molecule has 0 unspecified atom stereocenters. The summed E-state index contributed by atoms with van der Waals surface area (Å²) in [6.07, 6.45) is 9.84. The molecule has 0 bridgehead atoms. The summed E-state index contributed by atoms with van der Waals surface area (Å²) in [6.45, 7) is 12.3. The number of ether oxygens (including phenoxy) is 1. The molecular formula is C28H41BrN4O4. The van der Waals surface area contributed by atoms with E-state index in [0.717, 1.165) is 50.0 Å². The number of rotatable bonds is 11. The van der Waals surface area contributed by atoms with E-state index in [1.54, 1.807) is 10.8 Å². The van der Waals surface area contributed by atoms with Crippen molar-refractivity contribution in [2.24, 2.45) is 0 Å². The quantitative estimate of drug-likeness (QED) is 0.278. The van der Waals surface area contributed by atoms with Gasteiger partial charge in [0.1, 0.15) is 5.75 Å². The summed E-state index contributed by atoms with van der Waals surface area (Å²) >= 11 is 0. The number of halogens is 1. The highest BCUT2D eigenvalue weighted by Crippen LogP contribution is 2.41. The lowest BCUT2D eigenvalue weighted by Crippen LogP contribution is -2.28. The lowest BCUT2D eigenvalue weighted by Gasteiger charge is -2.29. The van der Waals surface area contributed by atoms with Crippen molar-refractivity contribution in [3.63, 3.8) is 0 Å². The van der Waals surface area contributed by atoms with Crippen LogP contribution < -0.4 is 15.3 Å². The summed E-state index contributed by atoms with van der Waals surface area (Å²) in [6, 6.07) is 3.66. The molecular weight excluding hydrogens is 536 g/mol. The SMILES string of the molecule is Br.CCC(=CCn1ccn(CC(=O)c2cc(N3CCCC3)c(OCC(=O)O)c(C(C)(C)C)c2)c1=N)CC. The summed E-state index contributed by atoms with van der Waals surface area (Å²) < 4.78 is 9.30. The maximum absolute atomic E-state index is 13.5. The van der Waals surface area contributed by atoms with Crippen molar-refractivity contribution in [3.8, 4) is 5.75 Å². The van der Waals surface area contributed by atoms with E-state index in [0.29, 0.717) is 17.9 Å². The van der Waals surface area contributed by atoms with Gasteiger partial charge in [0.2, 0.25) is 5.62 Å². The Morgan fingerprint density at radius 2 is 1.70 bits per heavy atom. The van der Waals surface area contributed by atoms with Gasteiger partial charge in [-0.3, -0.25) is 10.2 Å². The molecule has 0 radical (unpaired) electrons. The predicted molar refractivity (Wildman–Crippen MR) is 151 cm³/mol. The number of aliphatic carboxylic acids is 1. The molecule has 0 spiro atoms. The standard InChI is InChI=1S/C28H40N4O4.BrH/c1-6-20(7-2)10-13-31-14-15-32(27(31)29)18-24(33)21-16-22(28(3,4)5)26(36-19-25(34)35)23(17-21)30-11-8-9-12-30;/h10,14-17,29H,6-9,11-13,18-19H2,1-5H3,(H,34,35);1H. The molecule has 1 aromatic carbocycles. The molecule has 204 valence electrons. The summed E-state index contributed by atoms with van der Waals surface area (Å²) in [5.41, 5.74) is 3.39.